The van der Waals surface area contributed by atoms with E-state index >= 15 is 0 Å². The van der Waals surface area contributed by atoms with E-state index in [2.05, 4.69) is 0 Å². The molecule has 0 radical (unpaired) electrons. The minimum atomic E-state index is -3.67. The van der Waals surface area contributed by atoms with E-state index in [1.807, 2.05) is 6.07 Å². The second-order valence-corrected chi connectivity index (χ2v) is 4.24. The molecule has 0 unspecified atom stereocenters. The number of hydrogen-bond donors (Lipinski definition) is 1. The van der Waals surface area contributed by atoms with Gasteiger partial charge >= 0.3 is 0 Å². The standard InChI is InChI=1S/C8H8ClNO2S/c9-8(6-13(10,11)12)7-4-2-1-3-5-7/h1-6H,(H2,10,11,12)/b8-6-. The third kappa shape index (κ3) is 3.59. The van der Waals surface area contributed by atoms with E-state index in [1.54, 1.807) is 24.3 Å². The van der Waals surface area contributed by atoms with Gasteiger partial charge in [0.1, 0.15) is 0 Å². The number of benzene rings is 1. The van der Waals surface area contributed by atoms with Crippen LogP contribution in [0.4, 0.5) is 0 Å². The van der Waals surface area contributed by atoms with Crippen LogP contribution >= 0.6 is 11.6 Å². The normalized spacial score (nSPS) is 12.9. The summed E-state index contributed by atoms with van der Waals surface area (Å²) < 4.78 is 21.3. The second-order valence-electron chi connectivity index (χ2n) is 2.42. The highest BCUT2D eigenvalue weighted by atomic mass is 35.5. The van der Waals surface area contributed by atoms with Crippen LogP contribution in [0.5, 0.6) is 0 Å². The number of nitrogens with two attached hydrogens (primary N) is 1. The maximum Gasteiger partial charge on any atom is 0.232 e. The molecule has 2 N–H and O–H groups in total. The predicted octanol–water partition coefficient (Wildman–Crippen LogP) is 1.51. The van der Waals surface area contributed by atoms with Crippen molar-refractivity contribution >= 4 is 26.7 Å². The van der Waals surface area contributed by atoms with Crippen LogP contribution in [0.3, 0.4) is 0 Å². The molecular weight excluding hydrogens is 210 g/mol. The smallest absolute Gasteiger partial charge is 0.225 e. The SMILES string of the molecule is NS(=O)(=O)/C=C(\Cl)c1ccccc1. The lowest BCUT2D eigenvalue weighted by Gasteiger charge is -1.96. The number of hydrogen-bond acceptors (Lipinski definition) is 2. The second kappa shape index (κ2) is 3.91. The van der Waals surface area contributed by atoms with E-state index < -0.39 is 10.0 Å². The van der Waals surface area contributed by atoms with Gasteiger partial charge in [0.25, 0.3) is 0 Å². The molecule has 0 saturated carbocycles. The number of primary sulfonamides is 1. The minimum absolute atomic E-state index is 0.114. The van der Waals surface area contributed by atoms with Crippen molar-refractivity contribution < 1.29 is 8.42 Å². The molecule has 0 saturated heterocycles. The molecule has 0 fully saturated rings. The summed E-state index contributed by atoms with van der Waals surface area (Å²) in [5.41, 5.74) is 0.623. The highest BCUT2D eigenvalue weighted by Gasteiger charge is 2.02. The molecule has 13 heavy (non-hydrogen) atoms. The topological polar surface area (TPSA) is 60.2 Å². The molecule has 0 bridgehead atoms. The van der Waals surface area contributed by atoms with E-state index in [4.69, 9.17) is 16.7 Å². The Bertz CT molecular complexity index is 411. The molecule has 0 atom stereocenters. The summed E-state index contributed by atoms with van der Waals surface area (Å²) in [5, 5.41) is 5.72. The average Bonchev–Trinajstić information content (AvgIpc) is 2.03. The van der Waals surface area contributed by atoms with Crippen LogP contribution < -0.4 is 5.14 Å². The van der Waals surface area contributed by atoms with Crippen molar-refractivity contribution in [1.29, 1.82) is 0 Å². The third-order valence-electron chi connectivity index (χ3n) is 1.32. The van der Waals surface area contributed by atoms with Gasteiger partial charge in [-0.25, -0.2) is 13.6 Å². The van der Waals surface area contributed by atoms with Crippen molar-refractivity contribution in [3.05, 3.63) is 41.3 Å². The Kier molecular flexibility index (Phi) is 3.08. The Balaban J connectivity index is 3.06. The first-order valence-electron chi connectivity index (χ1n) is 3.44. The molecule has 70 valence electrons. The lowest BCUT2D eigenvalue weighted by Crippen LogP contribution is -2.07. The van der Waals surface area contributed by atoms with Gasteiger partial charge in [0.15, 0.2) is 0 Å². The Morgan fingerprint density at radius 3 is 2.31 bits per heavy atom. The molecule has 0 aliphatic carbocycles. The molecule has 1 rings (SSSR count). The summed E-state index contributed by atoms with van der Waals surface area (Å²) in [6, 6.07) is 8.72. The zero-order valence-electron chi connectivity index (χ0n) is 6.64. The summed E-state index contributed by atoms with van der Waals surface area (Å²) in [7, 11) is -3.67. The zero-order chi connectivity index (χ0) is 9.90. The fourth-order valence-electron chi connectivity index (χ4n) is 0.810. The molecule has 1 aromatic rings. The van der Waals surface area contributed by atoms with Gasteiger partial charge in [-0.2, -0.15) is 0 Å². The van der Waals surface area contributed by atoms with Crippen molar-refractivity contribution in [2.75, 3.05) is 0 Å². The molecular formula is C8H8ClNO2S. The van der Waals surface area contributed by atoms with Gasteiger partial charge in [0.2, 0.25) is 10.0 Å². The van der Waals surface area contributed by atoms with Crippen LogP contribution in [0, 0.1) is 0 Å². The Hall–Kier alpha value is -0.840. The molecule has 0 heterocycles. The van der Waals surface area contributed by atoms with Gasteiger partial charge in [-0.15, -0.1) is 0 Å². The predicted molar refractivity (Wildman–Crippen MR) is 53.4 cm³/mol. The highest BCUT2D eigenvalue weighted by molar-refractivity contribution is 7.92. The first kappa shape index (κ1) is 10.2. The first-order chi connectivity index (χ1) is 5.99. The molecule has 1 aromatic carbocycles. The molecule has 0 amide bonds. The fourth-order valence-corrected chi connectivity index (χ4v) is 1.73. The summed E-state index contributed by atoms with van der Waals surface area (Å²) >= 11 is 5.69. The van der Waals surface area contributed by atoms with Crippen LogP contribution in [0.1, 0.15) is 5.56 Å². The van der Waals surface area contributed by atoms with Gasteiger partial charge in [0.05, 0.1) is 10.4 Å². The third-order valence-corrected chi connectivity index (χ3v) is 2.34. The lowest BCUT2D eigenvalue weighted by atomic mass is 10.2. The molecule has 0 aliphatic heterocycles. The molecule has 5 heteroatoms. The van der Waals surface area contributed by atoms with Crippen LogP contribution in [-0.4, -0.2) is 8.42 Å². The maximum absolute atomic E-state index is 10.6. The molecule has 3 nitrogen and oxygen atoms in total. The number of rotatable bonds is 2. The van der Waals surface area contributed by atoms with E-state index in [0.717, 1.165) is 5.41 Å². The summed E-state index contributed by atoms with van der Waals surface area (Å²) in [6.45, 7) is 0. The van der Waals surface area contributed by atoms with Gasteiger partial charge in [-0.1, -0.05) is 41.9 Å². The van der Waals surface area contributed by atoms with E-state index in [-0.39, 0.29) is 5.03 Å². The Morgan fingerprint density at radius 2 is 1.85 bits per heavy atom. The average molecular weight is 218 g/mol. The Morgan fingerprint density at radius 1 is 1.31 bits per heavy atom. The van der Waals surface area contributed by atoms with E-state index in [0.29, 0.717) is 5.56 Å². The Labute approximate surface area is 81.9 Å². The molecule has 0 spiro atoms. The van der Waals surface area contributed by atoms with Gasteiger partial charge < -0.3 is 0 Å². The van der Waals surface area contributed by atoms with Crippen LogP contribution in [0.15, 0.2) is 35.7 Å². The van der Waals surface area contributed by atoms with Gasteiger partial charge in [-0.3, -0.25) is 0 Å². The first-order valence-corrected chi connectivity index (χ1v) is 5.43. The van der Waals surface area contributed by atoms with Crippen molar-refractivity contribution in [3.8, 4) is 0 Å². The number of sulfonamides is 1. The summed E-state index contributed by atoms with van der Waals surface area (Å²) in [5.74, 6) is 0. The highest BCUT2D eigenvalue weighted by Crippen LogP contribution is 2.18. The van der Waals surface area contributed by atoms with Crippen molar-refractivity contribution in [1.82, 2.24) is 0 Å². The number of halogens is 1. The van der Waals surface area contributed by atoms with Gasteiger partial charge in [0, 0.05) is 0 Å². The van der Waals surface area contributed by atoms with Crippen LogP contribution in [0.25, 0.3) is 5.03 Å². The van der Waals surface area contributed by atoms with E-state index in [1.165, 1.54) is 0 Å². The quantitative estimate of drug-likeness (QED) is 0.817. The van der Waals surface area contributed by atoms with E-state index in [9.17, 15) is 8.42 Å². The summed E-state index contributed by atoms with van der Waals surface area (Å²) in [6.07, 6.45) is 0. The maximum atomic E-state index is 10.6. The fraction of sp³-hybridized carbons (Fsp3) is 0. The minimum Gasteiger partial charge on any atom is -0.225 e. The van der Waals surface area contributed by atoms with Crippen LogP contribution in [0.2, 0.25) is 0 Å². The van der Waals surface area contributed by atoms with Crippen LogP contribution in [-0.2, 0) is 10.0 Å². The molecule has 0 aromatic heterocycles. The van der Waals surface area contributed by atoms with Crippen molar-refractivity contribution in [2.24, 2.45) is 5.14 Å². The van der Waals surface area contributed by atoms with Crippen molar-refractivity contribution in [2.45, 2.75) is 0 Å². The van der Waals surface area contributed by atoms with Gasteiger partial charge in [-0.05, 0) is 5.56 Å². The largest absolute Gasteiger partial charge is 0.232 e. The molecule has 0 aliphatic rings. The monoisotopic (exact) mass is 217 g/mol. The van der Waals surface area contributed by atoms with Crippen molar-refractivity contribution in [3.63, 3.8) is 0 Å². The zero-order valence-corrected chi connectivity index (χ0v) is 8.22. The summed E-state index contributed by atoms with van der Waals surface area (Å²) in [4.78, 5) is 0. The lowest BCUT2D eigenvalue weighted by molar-refractivity contribution is 0.606.